The van der Waals surface area contributed by atoms with Gasteiger partial charge >= 0.3 is 6.18 Å². The number of methoxy groups -OCH3 is 2. The maximum Gasteiger partial charge on any atom is 0.416 e. The molecule has 7 nitrogen and oxygen atoms in total. The number of aliphatic hydroxyl groups excluding tert-OH is 1. The summed E-state index contributed by atoms with van der Waals surface area (Å²) in [5.41, 5.74) is -1.14. The lowest BCUT2D eigenvalue weighted by Gasteiger charge is -2.26. The Balaban J connectivity index is 1.96. The van der Waals surface area contributed by atoms with Crippen LogP contribution < -0.4 is 14.4 Å². The van der Waals surface area contributed by atoms with Crippen LogP contribution in [0.5, 0.6) is 17.2 Å². The smallest absolute Gasteiger partial charge is 0.416 e. The molecule has 2 N–H and O–H groups in total. The van der Waals surface area contributed by atoms with Crippen LogP contribution in [0, 0.1) is 0 Å². The fourth-order valence-corrected chi connectivity index (χ4v) is 4.02. The Bertz CT molecular complexity index is 1360. The molecule has 36 heavy (non-hydrogen) atoms. The Morgan fingerprint density at radius 3 is 2.25 bits per heavy atom. The molecule has 0 radical (unpaired) electrons. The quantitative estimate of drug-likeness (QED) is 0.290. The molecule has 1 saturated heterocycles. The first-order valence-corrected chi connectivity index (χ1v) is 10.6. The van der Waals surface area contributed by atoms with Crippen LogP contribution >= 0.6 is 0 Å². The summed E-state index contributed by atoms with van der Waals surface area (Å²) in [6, 6.07) is 12.7. The molecule has 0 bridgehead atoms. The van der Waals surface area contributed by atoms with Crippen molar-refractivity contribution < 1.29 is 42.4 Å². The average Bonchev–Trinajstić information content (AvgIpc) is 3.13. The van der Waals surface area contributed by atoms with E-state index in [1.807, 2.05) is 0 Å². The number of aromatic hydroxyl groups is 1. The monoisotopic (exact) mass is 499 g/mol. The first kappa shape index (κ1) is 24.6. The summed E-state index contributed by atoms with van der Waals surface area (Å²) in [5, 5.41) is 21.1. The van der Waals surface area contributed by atoms with E-state index in [4.69, 9.17) is 9.47 Å². The van der Waals surface area contributed by atoms with Crippen LogP contribution in [0.25, 0.3) is 5.76 Å². The number of alkyl halides is 3. The van der Waals surface area contributed by atoms with Crippen molar-refractivity contribution in [3.63, 3.8) is 0 Å². The zero-order chi connectivity index (χ0) is 26.2. The minimum Gasteiger partial charge on any atom is -0.507 e. The summed E-state index contributed by atoms with van der Waals surface area (Å²) >= 11 is 0. The first-order chi connectivity index (χ1) is 17.1. The van der Waals surface area contributed by atoms with Crippen molar-refractivity contribution in [3.8, 4) is 17.2 Å². The van der Waals surface area contributed by atoms with Crippen LogP contribution in [0.1, 0.15) is 22.7 Å². The third-order valence-electron chi connectivity index (χ3n) is 5.78. The third kappa shape index (κ3) is 4.33. The van der Waals surface area contributed by atoms with Gasteiger partial charge in [-0.05, 0) is 60.2 Å². The van der Waals surface area contributed by atoms with Gasteiger partial charge in [0.1, 0.15) is 11.5 Å². The molecule has 0 aliphatic carbocycles. The first-order valence-electron chi connectivity index (χ1n) is 10.6. The fourth-order valence-electron chi connectivity index (χ4n) is 4.02. The molecule has 10 heteroatoms. The van der Waals surface area contributed by atoms with E-state index in [0.717, 1.165) is 23.1 Å². The van der Waals surface area contributed by atoms with Crippen LogP contribution in [0.2, 0.25) is 0 Å². The lowest BCUT2D eigenvalue weighted by molar-refractivity contribution is -0.137. The summed E-state index contributed by atoms with van der Waals surface area (Å²) in [7, 11) is 2.74. The number of rotatable bonds is 5. The summed E-state index contributed by atoms with van der Waals surface area (Å²) in [4.78, 5) is 27.2. The van der Waals surface area contributed by atoms with Gasteiger partial charge in [0.15, 0.2) is 11.5 Å². The summed E-state index contributed by atoms with van der Waals surface area (Å²) in [6.07, 6.45) is -4.69. The second kappa shape index (κ2) is 9.29. The molecule has 3 aromatic rings. The van der Waals surface area contributed by atoms with Gasteiger partial charge in [-0.1, -0.05) is 12.1 Å². The zero-order valence-corrected chi connectivity index (χ0v) is 19.0. The Hall–Kier alpha value is -4.47. The molecule has 1 atom stereocenters. The standard InChI is InChI=1S/C26H20F3NO6/c1-35-18-9-6-14(7-10-18)23(32)21-22(15-8-11-19(31)20(12-15)36-2)30(25(34)24(21)33)17-5-3-4-16(13-17)26(27,28)29/h3-13,22,31-32H,1-2H3/b23-21+/t22-/m0/s1. The molecule has 0 saturated carbocycles. The maximum atomic E-state index is 13.4. The van der Waals surface area contributed by atoms with Crippen molar-refractivity contribution in [1.29, 1.82) is 0 Å². The number of carbonyl (C=O) groups excluding carboxylic acids is 2. The minimum absolute atomic E-state index is 0.00609. The second-order valence-electron chi connectivity index (χ2n) is 7.88. The van der Waals surface area contributed by atoms with Crippen LogP contribution in [0.4, 0.5) is 18.9 Å². The van der Waals surface area contributed by atoms with E-state index in [-0.39, 0.29) is 33.9 Å². The number of ether oxygens (including phenoxy) is 2. The highest BCUT2D eigenvalue weighted by Crippen LogP contribution is 2.45. The predicted octanol–water partition coefficient (Wildman–Crippen LogP) is 5.05. The Kier molecular flexibility index (Phi) is 6.36. The number of hydrogen-bond donors (Lipinski definition) is 2. The summed E-state index contributed by atoms with van der Waals surface area (Å²) in [6.45, 7) is 0. The zero-order valence-electron chi connectivity index (χ0n) is 19.0. The van der Waals surface area contributed by atoms with E-state index >= 15 is 0 Å². The van der Waals surface area contributed by atoms with E-state index in [9.17, 15) is 33.0 Å². The molecule has 1 fully saturated rings. The normalized spacial score (nSPS) is 17.4. The number of phenols is 1. The fraction of sp³-hybridized carbons (Fsp3) is 0.154. The molecular weight excluding hydrogens is 479 g/mol. The molecule has 1 heterocycles. The molecule has 186 valence electrons. The Morgan fingerprint density at radius 2 is 1.64 bits per heavy atom. The molecule has 1 aliphatic rings. The highest BCUT2D eigenvalue weighted by Gasteiger charge is 2.47. The number of hydrogen-bond acceptors (Lipinski definition) is 6. The predicted molar refractivity (Wildman–Crippen MR) is 124 cm³/mol. The average molecular weight is 499 g/mol. The van der Waals surface area contributed by atoms with Gasteiger partial charge in [0.25, 0.3) is 11.7 Å². The van der Waals surface area contributed by atoms with Gasteiger partial charge in [0.2, 0.25) is 0 Å². The molecule has 1 aliphatic heterocycles. The van der Waals surface area contributed by atoms with Crippen molar-refractivity contribution in [2.45, 2.75) is 12.2 Å². The van der Waals surface area contributed by atoms with Gasteiger partial charge < -0.3 is 19.7 Å². The SMILES string of the molecule is COc1ccc(/C(O)=C2\C(=O)C(=O)N(c3cccc(C(F)(F)F)c3)[C@H]2c2ccc(O)c(OC)c2)cc1. The maximum absolute atomic E-state index is 13.4. The van der Waals surface area contributed by atoms with Gasteiger partial charge in [-0.15, -0.1) is 0 Å². The number of phenolic OH excluding ortho intramolecular Hbond substituents is 1. The van der Waals surface area contributed by atoms with Crippen molar-refractivity contribution in [2.24, 2.45) is 0 Å². The molecule has 3 aromatic carbocycles. The molecule has 4 rings (SSSR count). The van der Waals surface area contributed by atoms with Gasteiger partial charge in [-0.3, -0.25) is 14.5 Å². The summed E-state index contributed by atoms with van der Waals surface area (Å²) in [5.74, 6) is -2.48. The highest BCUT2D eigenvalue weighted by molar-refractivity contribution is 6.51. The van der Waals surface area contributed by atoms with Crippen LogP contribution in [-0.4, -0.2) is 36.1 Å². The number of halogens is 3. The lowest BCUT2D eigenvalue weighted by Crippen LogP contribution is -2.29. The largest absolute Gasteiger partial charge is 0.507 e. The Morgan fingerprint density at radius 1 is 0.944 bits per heavy atom. The van der Waals surface area contributed by atoms with Gasteiger partial charge in [-0.25, -0.2) is 0 Å². The van der Waals surface area contributed by atoms with E-state index in [2.05, 4.69) is 0 Å². The number of nitrogens with zero attached hydrogens (tertiary/aromatic N) is 1. The second-order valence-corrected chi connectivity index (χ2v) is 7.88. The molecular formula is C26H20F3NO6. The van der Waals surface area contributed by atoms with Crippen LogP contribution in [-0.2, 0) is 15.8 Å². The van der Waals surface area contributed by atoms with Gasteiger partial charge in [0, 0.05) is 11.3 Å². The number of benzene rings is 3. The summed E-state index contributed by atoms with van der Waals surface area (Å²) < 4.78 is 50.4. The van der Waals surface area contributed by atoms with Crippen LogP contribution in [0.15, 0.2) is 72.3 Å². The number of carbonyl (C=O) groups is 2. The molecule has 0 aromatic heterocycles. The number of amides is 1. The number of anilines is 1. The highest BCUT2D eigenvalue weighted by atomic mass is 19.4. The van der Waals surface area contributed by atoms with E-state index in [1.165, 1.54) is 62.8 Å². The molecule has 0 unspecified atom stereocenters. The number of aliphatic hydroxyl groups is 1. The van der Waals surface area contributed by atoms with Gasteiger partial charge in [0.05, 0.1) is 31.4 Å². The van der Waals surface area contributed by atoms with Crippen molar-refractivity contribution >= 4 is 23.1 Å². The number of Topliss-reactive ketones (excluding diaryl/α,β-unsaturated/α-hetero) is 1. The lowest BCUT2D eigenvalue weighted by atomic mass is 9.94. The molecule has 1 amide bonds. The van der Waals surface area contributed by atoms with Crippen molar-refractivity contribution in [3.05, 3.63) is 89.0 Å². The van der Waals surface area contributed by atoms with Crippen molar-refractivity contribution in [1.82, 2.24) is 0 Å². The molecule has 0 spiro atoms. The topological polar surface area (TPSA) is 96.3 Å². The minimum atomic E-state index is -4.69. The van der Waals surface area contributed by atoms with E-state index in [1.54, 1.807) is 0 Å². The van der Waals surface area contributed by atoms with Crippen LogP contribution in [0.3, 0.4) is 0 Å². The Labute approximate surface area is 203 Å². The van der Waals surface area contributed by atoms with Gasteiger partial charge in [-0.2, -0.15) is 13.2 Å². The third-order valence-corrected chi connectivity index (χ3v) is 5.78. The van der Waals surface area contributed by atoms with E-state index < -0.39 is 35.2 Å². The number of ketones is 1. The van der Waals surface area contributed by atoms with E-state index in [0.29, 0.717) is 5.75 Å². The van der Waals surface area contributed by atoms with Crippen molar-refractivity contribution in [2.75, 3.05) is 19.1 Å².